The van der Waals surface area contributed by atoms with Crippen LogP contribution in [-0.4, -0.2) is 14.4 Å². The molecule has 0 saturated carbocycles. The smallest absolute Gasteiger partial charge is 0.180 e. The summed E-state index contributed by atoms with van der Waals surface area (Å²) in [4.78, 5) is 9.18. The van der Waals surface area contributed by atoms with Crippen molar-refractivity contribution in [1.29, 1.82) is 0 Å². The van der Waals surface area contributed by atoms with Crippen LogP contribution in [0.15, 0.2) is 73.2 Å². The molecule has 2 aromatic heterocycles. The van der Waals surface area contributed by atoms with Crippen LogP contribution < -0.4 is 5.32 Å². The summed E-state index contributed by atoms with van der Waals surface area (Å²) in [6, 6.07) is 6.15. The van der Waals surface area contributed by atoms with E-state index in [1.165, 1.54) is 0 Å². The number of rotatable bonds is 7. The Morgan fingerprint density at radius 3 is 2.84 bits per heavy atom. The van der Waals surface area contributed by atoms with Crippen LogP contribution in [0.2, 0.25) is 0 Å². The van der Waals surface area contributed by atoms with E-state index >= 15 is 0 Å². The van der Waals surface area contributed by atoms with Crippen LogP contribution in [-0.2, 0) is 0 Å². The van der Waals surface area contributed by atoms with Crippen molar-refractivity contribution in [3.05, 3.63) is 90.0 Å². The molecule has 3 aromatic rings. The first-order valence-corrected chi connectivity index (χ1v) is 10.9. The molecule has 4 nitrogen and oxygen atoms in total. The Balaban J connectivity index is 1.67. The van der Waals surface area contributed by atoms with E-state index in [1.807, 2.05) is 41.1 Å². The van der Waals surface area contributed by atoms with Crippen molar-refractivity contribution in [3.8, 4) is 0 Å². The lowest BCUT2D eigenvalue weighted by Gasteiger charge is -2.26. The van der Waals surface area contributed by atoms with Crippen LogP contribution in [0.1, 0.15) is 36.6 Å². The number of aryl methyl sites for hydroxylation is 1. The number of hydrogen-bond acceptors (Lipinski definition) is 3. The van der Waals surface area contributed by atoms with Gasteiger partial charge in [-0.05, 0) is 54.9 Å². The molecule has 0 saturated heterocycles. The van der Waals surface area contributed by atoms with Gasteiger partial charge in [0.2, 0.25) is 0 Å². The van der Waals surface area contributed by atoms with Gasteiger partial charge in [0.15, 0.2) is 11.5 Å². The van der Waals surface area contributed by atoms with E-state index < -0.39 is 0 Å². The summed E-state index contributed by atoms with van der Waals surface area (Å²) in [5, 5.41) is 4.28. The molecule has 1 N–H and O–H groups in total. The topological polar surface area (TPSA) is 42.2 Å². The Morgan fingerprint density at radius 2 is 2.10 bits per heavy atom. The number of imidazole rings is 1. The minimum Gasteiger partial charge on any atom is -0.337 e. The minimum absolute atomic E-state index is 0.262. The lowest BCUT2D eigenvalue weighted by molar-refractivity contribution is 0.470. The molecule has 0 aliphatic heterocycles. The van der Waals surface area contributed by atoms with Crippen molar-refractivity contribution in [3.63, 3.8) is 0 Å². The number of halogens is 1. The van der Waals surface area contributed by atoms with Crippen LogP contribution in [0.25, 0.3) is 17.3 Å². The highest BCUT2D eigenvalue weighted by Crippen LogP contribution is 2.39. The molecule has 4 rings (SSSR count). The Labute approximate surface area is 188 Å². The zero-order valence-electron chi connectivity index (χ0n) is 18.0. The molecule has 2 heterocycles. The molecule has 2 unspecified atom stereocenters. The second-order valence-electron chi connectivity index (χ2n) is 7.95. The standard InChI is InChI=1S/C26H27ClN4/c1-5-7-8-20-10-12-22(24(27)18(20)4)23-16-29-26-25(28-13-14-31(23)26)30-21-11-9-19(6-2)17(3)15-21/h5-6,9-16,18,20H,1-2,7-8H2,3-4H3,(H,28,30). The van der Waals surface area contributed by atoms with Gasteiger partial charge in [-0.15, -0.1) is 6.58 Å². The molecule has 1 aliphatic rings. The third-order valence-corrected chi connectivity index (χ3v) is 6.52. The molecule has 31 heavy (non-hydrogen) atoms. The van der Waals surface area contributed by atoms with Gasteiger partial charge in [-0.1, -0.05) is 55.5 Å². The van der Waals surface area contributed by atoms with E-state index in [0.29, 0.717) is 11.7 Å². The highest BCUT2D eigenvalue weighted by molar-refractivity contribution is 6.33. The van der Waals surface area contributed by atoms with Crippen LogP contribution in [0.5, 0.6) is 0 Å². The van der Waals surface area contributed by atoms with Crippen LogP contribution in [0.3, 0.4) is 0 Å². The lowest BCUT2D eigenvalue weighted by atomic mass is 9.83. The van der Waals surface area contributed by atoms with Crippen molar-refractivity contribution < 1.29 is 0 Å². The molecule has 158 valence electrons. The number of hydrogen-bond donors (Lipinski definition) is 1. The van der Waals surface area contributed by atoms with Crippen molar-refractivity contribution in [2.75, 3.05) is 5.32 Å². The molecule has 0 fully saturated rings. The minimum atomic E-state index is 0.262. The number of nitrogens with zero attached hydrogens (tertiary/aromatic N) is 3. The van der Waals surface area contributed by atoms with E-state index in [1.54, 1.807) is 6.20 Å². The molecule has 0 amide bonds. The van der Waals surface area contributed by atoms with Gasteiger partial charge >= 0.3 is 0 Å². The number of fused-ring (bicyclic) bond motifs is 1. The maximum atomic E-state index is 6.84. The highest BCUT2D eigenvalue weighted by atomic mass is 35.5. The van der Waals surface area contributed by atoms with E-state index in [-0.39, 0.29) is 5.92 Å². The SMILES string of the molecule is C=CCCC1C=CC(c2cnc3c(Nc4ccc(C=C)c(C)c4)nccn23)=C(Cl)C1C. The highest BCUT2D eigenvalue weighted by Gasteiger charge is 2.25. The molecule has 1 aromatic carbocycles. The Bertz CT molecular complexity index is 1200. The molecular formula is C26H27ClN4. The number of nitrogens with one attached hydrogen (secondary N) is 1. The third-order valence-electron chi connectivity index (χ3n) is 5.97. The molecule has 0 bridgehead atoms. The summed E-state index contributed by atoms with van der Waals surface area (Å²) >= 11 is 6.84. The van der Waals surface area contributed by atoms with Gasteiger partial charge in [-0.2, -0.15) is 0 Å². The largest absolute Gasteiger partial charge is 0.337 e. The maximum Gasteiger partial charge on any atom is 0.180 e. The average molecular weight is 431 g/mol. The van der Waals surface area contributed by atoms with Crippen molar-refractivity contribution >= 4 is 40.4 Å². The normalized spacial score (nSPS) is 18.4. The van der Waals surface area contributed by atoms with Gasteiger partial charge in [-0.25, -0.2) is 9.97 Å². The number of aromatic nitrogens is 3. The zero-order chi connectivity index (χ0) is 22.0. The zero-order valence-corrected chi connectivity index (χ0v) is 18.7. The van der Waals surface area contributed by atoms with Gasteiger partial charge < -0.3 is 5.32 Å². The maximum absolute atomic E-state index is 6.84. The van der Waals surface area contributed by atoms with Crippen LogP contribution >= 0.6 is 11.6 Å². The Morgan fingerprint density at radius 1 is 1.26 bits per heavy atom. The Hall–Kier alpha value is -3.11. The van der Waals surface area contributed by atoms with Gasteiger partial charge in [0.1, 0.15) is 0 Å². The van der Waals surface area contributed by atoms with Gasteiger partial charge in [-0.3, -0.25) is 4.40 Å². The molecule has 2 atom stereocenters. The first-order valence-electron chi connectivity index (χ1n) is 10.5. The molecule has 5 heteroatoms. The summed E-state index contributed by atoms with van der Waals surface area (Å²) in [7, 11) is 0. The summed E-state index contributed by atoms with van der Waals surface area (Å²) in [5.74, 6) is 1.39. The predicted octanol–water partition coefficient (Wildman–Crippen LogP) is 7.16. The fraction of sp³-hybridized carbons (Fsp3) is 0.231. The first-order chi connectivity index (χ1) is 15.0. The summed E-state index contributed by atoms with van der Waals surface area (Å²) < 4.78 is 2.04. The van der Waals surface area contributed by atoms with Crippen molar-refractivity contribution in [1.82, 2.24) is 14.4 Å². The van der Waals surface area contributed by atoms with Crippen LogP contribution in [0, 0.1) is 18.8 Å². The van der Waals surface area contributed by atoms with Gasteiger partial charge in [0, 0.05) is 28.7 Å². The molecule has 0 radical (unpaired) electrons. The summed E-state index contributed by atoms with van der Waals surface area (Å²) in [6.45, 7) is 11.9. The van der Waals surface area contributed by atoms with Crippen molar-refractivity contribution in [2.24, 2.45) is 11.8 Å². The predicted molar refractivity (Wildman–Crippen MR) is 132 cm³/mol. The van der Waals surface area contributed by atoms with Crippen LogP contribution in [0.4, 0.5) is 11.5 Å². The number of allylic oxidation sites excluding steroid dienone is 5. The first kappa shape index (κ1) is 21.1. The average Bonchev–Trinajstić information content (AvgIpc) is 3.20. The lowest BCUT2D eigenvalue weighted by Crippen LogP contribution is -2.14. The summed E-state index contributed by atoms with van der Waals surface area (Å²) in [6.07, 6.45) is 15.8. The van der Waals surface area contributed by atoms with Gasteiger partial charge in [0.25, 0.3) is 0 Å². The second kappa shape index (κ2) is 8.94. The second-order valence-corrected chi connectivity index (χ2v) is 8.36. The van der Waals surface area contributed by atoms with E-state index in [0.717, 1.165) is 51.6 Å². The fourth-order valence-corrected chi connectivity index (χ4v) is 4.41. The monoisotopic (exact) mass is 430 g/mol. The van der Waals surface area contributed by atoms with E-state index in [2.05, 4.69) is 60.5 Å². The molecule has 0 spiro atoms. The Kier molecular flexibility index (Phi) is 6.10. The third kappa shape index (κ3) is 4.08. The van der Waals surface area contributed by atoms with Gasteiger partial charge in [0.05, 0.1) is 11.9 Å². The van der Waals surface area contributed by atoms with E-state index in [9.17, 15) is 0 Å². The fourth-order valence-electron chi connectivity index (χ4n) is 4.09. The quantitative estimate of drug-likeness (QED) is 0.404. The molecule has 1 aliphatic carbocycles. The van der Waals surface area contributed by atoms with Crippen molar-refractivity contribution in [2.45, 2.75) is 26.7 Å². The number of benzene rings is 1. The van der Waals surface area contributed by atoms with E-state index in [4.69, 9.17) is 11.6 Å². The number of anilines is 2. The molecular weight excluding hydrogens is 404 g/mol. The summed E-state index contributed by atoms with van der Waals surface area (Å²) in [5.41, 5.74) is 5.97.